The lowest BCUT2D eigenvalue weighted by molar-refractivity contribution is -0.0228. The quantitative estimate of drug-likeness (QED) is 0.598. The van der Waals surface area contributed by atoms with Crippen LogP contribution in [-0.4, -0.2) is 35.5 Å². The topological polar surface area (TPSA) is 41.5 Å². The van der Waals surface area contributed by atoms with Crippen LogP contribution in [-0.2, 0) is 4.74 Å². The highest BCUT2D eigenvalue weighted by molar-refractivity contribution is 4.97. The number of aliphatic hydroxyl groups is 1. The molecule has 1 rings (SSSR count). The zero-order valence-corrected chi connectivity index (χ0v) is 14.7. The van der Waals surface area contributed by atoms with E-state index in [0.717, 1.165) is 25.9 Å². The Bertz CT molecular complexity index is 260. The van der Waals surface area contributed by atoms with Crippen LogP contribution in [0.5, 0.6) is 0 Å². The first kappa shape index (κ1) is 18.9. The second-order valence-corrected chi connectivity index (χ2v) is 7.99. The fourth-order valence-corrected chi connectivity index (χ4v) is 3.69. The van der Waals surface area contributed by atoms with Gasteiger partial charge < -0.3 is 15.2 Å². The molecule has 1 aliphatic rings. The summed E-state index contributed by atoms with van der Waals surface area (Å²) in [4.78, 5) is 0. The molecule has 0 unspecified atom stereocenters. The van der Waals surface area contributed by atoms with Gasteiger partial charge in [-0.25, -0.2) is 0 Å². The molecule has 0 bridgehead atoms. The van der Waals surface area contributed by atoms with E-state index in [9.17, 15) is 0 Å². The summed E-state index contributed by atoms with van der Waals surface area (Å²) in [5.41, 5.74) is 0.359. The van der Waals surface area contributed by atoms with Gasteiger partial charge in [0.25, 0.3) is 0 Å². The first-order valence-corrected chi connectivity index (χ1v) is 8.86. The third-order valence-electron chi connectivity index (χ3n) is 4.31. The van der Waals surface area contributed by atoms with Gasteiger partial charge in [-0.1, -0.05) is 32.1 Å². The van der Waals surface area contributed by atoms with Gasteiger partial charge in [0, 0.05) is 24.3 Å². The lowest BCUT2D eigenvalue weighted by Crippen LogP contribution is -2.59. The lowest BCUT2D eigenvalue weighted by Gasteiger charge is -2.46. The van der Waals surface area contributed by atoms with Crippen molar-refractivity contribution in [3.63, 3.8) is 0 Å². The van der Waals surface area contributed by atoms with Crippen LogP contribution in [0.4, 0.5) is 0 Å². The molecule has 3 nitrogen and oxygen atoms in total. The third-order valence-corrected chi connectivity index (χ3v) is 4.31. The molecular weight excluding hydrogens is 262 g/mol. The summed E-state index contributed by atoms with van der Waals surface area (Å²) in [6, 6.07) is 0. The largest absolute Gasteiger partial charge is 0.396 e. The molecule has 0 atom stereocenters. The van der Waals surface area contributed by atoms with Crippen LogP contribution in [0.1, 0.15) is 85.5 Å². The van der Waals surface area contributed by atoms with Gasteiger partial charge in [0.15, 0.2) is 0 Å². The average Bonchev–Trinajstić information content (AvgIpc) is 2.33. The predicted octanol–water partition coefficient (Wildman–Crippen LogP) is 4.04. The molecule has 0 spiro atoms. The second kappa shape index (κ2) is 9.12. The Morgan fingerprint density at radius 3 is 1.86 bits per heavy atom. The molecule has 0 aliphatic carbocycles. The summed E-state index contributed by atoms with van der Waals surface area (Å²) < 4.78 is 6.13. The van der Waals surface area contributed by atoms with Gasteiger partial charge in [0.05, 0.1) is 6.10 Å². The SMILES string of the molecule is CC1(C)CC(OCCCCCCCCCO)CC(C)(C)N1. The molecule has 0 aromatic carbocycles. The van der Waals surface area contributed by atoms with E-state index in [0.29, 0.717) is 12.7 Å². The molecule has 1 fully saturated rings. The minimum atomic E-state index is 0.180. The van der Waals surface area contributed by atoms with Crippen LogP contribution in [0.3, 0.4) is 0 Å². The molecule has 3 heteroatoms. The van der Waals surface area contributed by atoms with Gasteiger partial charge in [0.2, 0.25) is 0 Å². The van der Waals surface area contributed by atoms with Crippen molar-refractivity contribution in [3.05, 3.63) is 0 Å². The van der Waals surface area contributed by atoms with Crippen LogP contribution in [0.25, 0.3) is 0 Å². The van der Waals surface area contributed by atoms with Gasteiger partial charge in [-0.15, -0.1) is 0 Å². The molecular formula is C18H37NO2. The van der Waals surface area contributed by atoms with Crippen LogP contribution >= 0.6 is 0 Å². The number of unbranched alkanes of at least 4 members (excludes halogenated alkanes) is 6. The lowest BCUT2D eigenvalue weighted by atomic mass is 9.81. The highest BCUT2D eigenvalue weighted by Gasteiger charge is 2.37. The fourth-order valence-electron chi connectivity index (χ4n) is 3.69. The summed E-state index contributed by atoms with van der Waals surface area (Å²) in [5, 5.41) is 12.4. The summed E-state index contributed by atoms with van der Waals surface area (Å²) in [6.45, 7) is 10.4. The van der Waals surface area contributed by atoms with E-state index in [1.54, 1.807) is 0 Å². The summed E-state index contributed by atoms with van der Waals surface area (Å²) in [5.74, 6) is 0. The number of nitrogens with one attached hydrogen (secondary N) is 1. The number of piperidine rings is 1. The van der Waals surface area contributed by atoms with E-state index in [2.05, 4.69) is 33.0 Å². The molecule has 0 amide bonds. The zero-order valence-electron chi connectivity index (χ0n) is 14.7. The predicted molar refractivity (Wildman–Crippen MR) is 89.7 cm³/mol. The van der Waals surface area contributed by atoms with E-state index in [1.165, 1.54) is 38.5 Å². The fraction of sp³-hybridized carbons (Fsp3) is 1.00. The van der Waals surface area contributed by atoms with Gasteiger partial charge in [-0.2, -0.15) is 0 Å². The van der Waals surface area contributed by atoms with Gasteiger partial charge in [0.1, 0.15) is 0 Å². The van der Waals surface area contributed by atoms with Crippen LogP contribution in [0.15, 0.2) is 0 Å². The first-order chi connectivity index (χ1) is 9.85. The van der Waals surface area contributed by atoms with Crippen LogP contribution in [0, 0.1) is 0 Å². The highest BCUT2D eigenvalue weighted by Crippen LogP contribution is 2.30. The maximum absolute atomic E-state index is 8.72. The minimum Gasteiger partial charge on any atom is -0.396 e. The Morgan fingerprint density at radius 2 is 1.33 bits per heavy atom. The average molecular weight is 299 g/mol. The molecule has 1 heterocycles. The molecule has 0 aromatic rings. The van der Waals surface area contributed by atoms with Gasteiger partial charge >= 0.3 is 0 Å². The monoisotopic (exact) mass is 299 g/mol. The van der Waals surface area contributed by atoms with Crippen LogP contribution < -0.4 is 5.32 Å². The Kier molecular flexibility index (Phi) is 8.22. The zero-order chi connectivity index (χ0) is 15.8. The van der Waals surface area contributed by atoms with Crippen molar-refractivity contribution in [2.45, 2.75) is 103 Å². The Hall–Kier alpha value is -0.120. The molecule has 2 N–H and O–H groups in total. The Morgan fingerprint density at radius 1 is 0.857 bits per heavy atom. The van der Waals surface area contributed by atoms with Crippen molar-refractivity contribution in [1.29, 1.82) is 0 Å². The number of aliphatic hydroxyl groups excluding tert-OH is 1. The Labute approximate surface area is 131 Å². The number of rotatable bonds is 10. The van der Waals surface area contributed by atoms with Crippen molar-refractivity contribution in [3.8, 4) is 0 Å². The molecule has 1 aliphatic heterocycles. The van der Waals surface area contributed by atoms with Gasteiger partial charge in [-0.05, 0) is 53.4 Å². The van der Waals surface area contributed by atoms with E-state index in [-0.39, 0.29) is 11.1 Å². The molecule has 1 saturated heterocycles. The maximum Gasteiger partial charge on any atom is 0.0609 e. The highest BCUT2D eigenvalue weighted by atomic mass is 16.5. The van der Waals surface area contributed by atoms with Crippen molar-refractivity contribution in [2.75, 3.05) is 13.2 Å². The molecule has 0 saturated carbocycles. The van der Waals surface area contributed by atoms with E-state index in [4.69, 9.17) is 9.84 Å². The molecule has 126 valence electrons. The van der Waals surface area contributed by atoms with Crippen molar-refractivity contribution in [1.82, 2.24) is 5.32 Å². The minimum absolute atomic E-state index is 0.180. The number of hydrogen-bond donors (Lipinski definition) is 2. The van der Waals surface area contributed by atoms with Crippen molar-refractivity contribution >= 4 is 0 Å². The second-order valence-electron chi connectivity index (χ2n) is 7.99. The smallest absolute Gasteiger partial charge is 0.0609 e. The summed E-state index contributed by atoms with van der Waals surface area (Å²) in [6.07, 6.45) is 11.1. The third kappa shape index (κ3) is 8.80. The van der Waals surface area contributed by atoms with Crippen molar-refractivity contribution in [2.24, 2.45) is 0 Å². The standard InChI is InChI=1S/C18H37NO2/c1-17(2)14-16(15-18(3,4)19-17)21-13-11-9-7-5-6-8-10-12-20/h16,19-20H,5-15H2,1-4H3. The maximum atomic E-state index is 8.72. The molecule has 21 heavy (non-hydrogen) atoms. The number of hydrogen-bond acceptors (Lipinski definition) is 3. The van der Waals surface area contributed by atoms with Crippen molar-refractivity contribution < 1.29 is 9.84 Å². The molecule has 0 radical (unpaired) electrons. The summed E-state index contributed by atoms with van der Waals surface area (Å²) in [7, 11) is 0. The van der Waals surface area contributed by atoms with E-state index in [1.807, 2.05) is 0 Å². The molecule has 0 aromatic heterocycles. The Balaban J connectivity index is 2.04. The number of ether oxygens (including phenoxy) is 1. The first-order valence-electron chi connectivity index (χ1n) is 8.86. The summed E-state index contributed by atoms with van der Waals surface area (Å²) >= 11 is 0. The normalized spacial score (nSPS) is 21.6. The van der Waals surface area contributed by atoms with E-state index >= 15 is 0 Å². The van der Waals surface area contributed by atoms with E-state index < -0.39 is 0 Å². The van der Waals surface area contributed by atoms with Crippen LogP contribution in [0.2, 0.25) is 0 Å². The van der Waals surface area contributed by atoms with Gasteiger partial charge in [-0.3, -0.25) is 0 Å².